The van der Waals surface area contributed by atoms with E-state index in [-0.39, 0.29) is 23.6 Å². The Labute approximate surface area is 144 Å². The Bertz CT molecular complexity index is 673. The molecule has 0 unspecified atom stereocenters. The number of rotatable bonds is 5. The predicted molar refractivity (Wildman–Crippen MR) is 87.1 cm³/mol. The monoisotopic (exact) mass is 351 g/mol. The lowest BCUT2D eigenvalue weighted by molar-refractivity contribution is -0.121. The first kappa shape index (κ1) is 16.9. The summed E-state index contributed by atoms with van der Waals surface area (Å²) in [5.41, 5.74) is 0.527. The zero-order valence-electron chi connectivity index (χ0n) is 13.1. The Morgan fingerprint density at radius 1 is 1.17 bits per heavy atom. The minimum absolute atomic E-state index is 0.244. The zero-order chi connectivity index (χ0) is 17.1. The molecule has 0 radical (unpaired) electrons. The summed E-state index contributed by atoms with van der Waals surface area (Å²) in [5, 5.41) is 3.12. The van der Waals surface area contributed by atoms with Crippen LogP contribution in [0, 0.1) is 0 Å². The van der Waals surface area contributed by atoms with Crippen LogP contribution >= 0.6 is 11.6 Å². The normalized spacial score (nSPS) is 18.0. The lowest BCUT2D eigenvalue weighted by atomic mass is 10.1. The van der Waals surface area contributed by atoms with Crippen molar-refractivity contribution in [2.45, 2.75) is 0 Å². The maximum atomic E-state index is 12.3. The minimum atomic E-state index is -0.485. The molecule has 3 amide bonds. The molecular formula is C16H18ClN3O4. The molecule has 1 saturated heterocycles. The summed E-state index contributed by atoms with van der Waals surface area (Å²) < 4.78 is 5.26. The number of nitrogens with zero attached hydrogens (tertiary/aromatic N) is 2. The molecule has 1 aromatic rings. The van der Waals surface area contributed by atoms with Crippen LogP contribution in [-0.2, 0) is 9.53 Å². The average Bonchev–Trinajstić information content (AvgIpc) is 2.80. The molecule has 2 heterocycles. The molecule has 1 aromatic carbocycles. The summed E-state index contributed by atoms with van der Waals surface area (Å²) in [7, 11) is 0. The highest BCUT2D eigenvalue weighted by molar-refractivity contribution is 6.32. The van der Waals surface area contributed by atoms with Gasteiger partial charge in [-0.1, -0.05) is 11.6 Å². The molecule has 1 fully saturated rings. The van der Waals surface area contributed by atoms with Gasteiger partial charge >= 0.3 is 0 Å². The summed E-state index contributed by atoms with van der Waals surface area (Å²) in [4.78, 5) is 39.7. The van der Waals surface area contributed by atoms with E-state index < -0.39 is 11.8 Å². The van der Waals surface area contributed by atoms with E-state index in [4.69, 9.17) is 16.3 Å². The van der Waals surface area contributed by atoms with Crippen molar-refractivity contribution in [3.05, 3.63) is 34.3 Å². The topological polar surface area (TPSA) is 79.0 Å². The van der Waals surface area contributed by atoms with Crippen LogP contribution in [-0.4, -0.2) is 73.5 Å². The van der Waals surface area contributed by atoms with Gasteiger partial charge in [0.05, 0.1) is 24.3 Å². The number of amides is 3. The van der Waals surface area contributed by atoms with Gasteiger partial charge < -0.3 is 10.1 Å². The summed E-state index contributed by atoms with van der Waals surface area (Å²) >= 11 is 5.86. The Kier molecular flexibility index (Phi) is 5.13. The summed E-state index contributed by atoms with van der Waals surface area (Å²) in [5.74, 6) is -1.31. The van der Waals surface area contributed by atoms with Crippen LogP contribution in [0.4, 0.5) is 0 Å². The lowest BCUT2D eigenvalue weighted by Crippen LogP contribution is -2.44. The Hall–Kier alpha value is -1.96. The van der Waals surface area contributed by atoms with Gasteiger partial charge in [-0.3, -0.25) is 24.2 Å². The van der Waals surface area contributed by atoms with Crippen molar-refractivity contribution in [3.8, 4) is 0 Å². The predicted octanol–water partition coefficient (Wildman–Crippen LogP) is 0.384. The number of nitrogens with one attached hydrogen (secondary N) is 1. The number of hydrogen-bond acceptors (Lipinski definition) is 5. The maximum absolute atomic E-state index is 12.3. The van der Waals surface area contributed by atoms with Gasteiger partial charge in [0.15, 0.2) is 0 Å². The number of halogens is 1. The lowest BCUT2D eigenvalue weighted by Gasteiger charge is -2.26. The standard InChI is InChI=1S/C16H18ClN3O4/c17-11-1-2-12-13(9-11)16(23)20(15(12)22)10-14(21)18-3-4-19-5-7-24-8-6-19/h1-2,9H,3-8,10H2,(H,18,21). The molecule has 0 aromatic heterocycles. The van der Waals surface area contributed by atoms with Gasteiger partial charge in [0.25, 0.3) is 11.8 Å². The molecular weight excluding hydrogens is 334 g/mol. The summed E-state index contributed by atoms with van der Waals surface area (Å²) in [6.07, 6.45) is 0. The van der Waals surface area contributed by atoms with Gasteiger partial charge in [-0.25, -0.2) is 0 Å². The number of carbonyl (C=O) groups is 3. The van der Waals surface area contributed by atoms with Crippen LogP contribution in [0.15, 0.2) is 18.2 Å². The molecule has 24 heavy (non-hydrogen) atoms. The van der Waals surface area contributed by atoms with E-state index in [1.807, 2.05) is 0 Å². The van der Waals surface area contributed by atoms with Gasteiger partial charge in [-0.15, -0.1) is 0 Å². The first-order valence-electron chi connectivity index (χ1n) is 7.79. The number of fused-ring (bicyclic) bond motifs is 1. The van der Waals surface area contributed by atoms with Crippen molar-refractivity contribution in [1.82, 2.24) is 15.1 Å². The third kappa shape index (κ3) is 3.58. The van der Waals surface area contributed by atoms with E-state index in [0.29, 0.717) is 31.3 Å². The molecule has 1 N–H and O–H groups in total. The van der Waals surface area contributed by atoms with Crippen LogP contribution in [0.2, 0.25) is 5.02 Å². The smallest absolute Gasteiger partial charge is 0.262 e. The van der Waals surface area contributed by atoms with Crippen molar-refractivity contribution in [1.29, 1.82) is 0 Å². The van der Waals surface area contributed by atoms with Gasteiger partial charge in [0.2, 0.25) is 5.91 Å². The molecule has 2 aliphatic rings. The Morgan fingerprint density at radius 2 is 1.88 bits per heavy atom. The molecule has 0 saturated carbocycles. The Morgan fingerprint density at radius 3 is 2.62 bits per heavy atom. The van der Waals surface area contributed by atoms with E-state index in [1.54, 1.807) is 6.07 Å². The zero-order valence-corrected chi connectivity index (χ0v) is 13.8. The highest BCUT2D eigenvalue weighted by atomic mass is 35.5. The summed E-state index contributed by atoms with van der Waals surface area (Å²) in [6, 6.07) is 4.51. The second-order valence-electron chi connectivity index (χ2n) is 5.69. The molecule has 0 aliphatic carbocycles. The molecule has 0 spiro atoms. The van der Waals surface area contributed by atoms with Gasteiger partial charge in [-0.05, 0) is 18.2 Å². The van der Waals surface area contributed by atoms with Crippen LogP contribution < -0.4 is 5.32 Å². The first-order chi connectivity index (χ1) is 11.6. The quantitative estimate of drug-likeness (QED) is 0.776. The minimum Gasteiger partial charge on any atom is -0.379 e. The molecule has 8 heteroatoms. The summed E-state index contributed by atoms with van der Waals surface area (Å²) in [6.45, 7) is 3.98. The second-order valence-corrected chi connectivity index (χ2v) is 6.13. The molecule has 2 aliphatic heterocycles. The first-order valence-corrected chi connectivity index (χ1v) is 8.16. The van der Waals surface area contributed by atoms with E-state index >= 15 is 0 Å². The number of ether oxygens (including phenoxy) is 1. The number of morpholine rings is 1. The van der Waals surface area contributed by atoms with Crippen molar-refractivity contribution in [2.75, 3.05) is 45.9 Å². The van der Waals surface area contributed by atoms with Crippen molar-refractivity contribution in [2.24, 2.45) is 0 Å². The van der Waals surface area contributed by atoms with E-state index in [0.717, 1.165) is 18.0 Å². The van der Waals surface area contributed by atoms with Gasteiger partial charge in [-0.2, -0.15) is 0 Å². The van der Waals surface area contributed by atoms with Gasteiger partial charge in [0, 0.05) is 31.2 Å². The van der Waals surface area contributed by atoms with Crippen LogP contribution in [0.25, 0.3) is 0 Å². The molecule has 0 bridgehead atoms. The average molecular weight is 352 g/mol. The van der Waals surface area contributed by atoms with Crippen molar-refractivity contribution in [3.63, 3.8) is 0 Å². The third-order valence-corrected chi connectivity index (χ3v) is 4.32. The number of benzene rings is 1. The van der Waals surface area contributed by atoms with E-state index in [1.165, 1.54) is 12.1 Å². The largest absolute Gasteiger partial charge is 0.379 e. The van der Waals surface area contributed by atoms with Crippen LogP contribution in [0.1, 0.15) is 20.7 Å². The molecule has 7 nitrogen and oxygen atoms in total. The highest BCUT2D eigenvalue weighted by Crippen LogP contribution is 2.25. The number of hydrogen-bond donors (Lipinski definition) is 1. The fourth-order valence-corrected chi connectivity index (χ4v) is 2.96. The van der Waals surface area contributed by atoms with Crippen molar-refractivity contribution >= 4 is 29.3 Å². The van der Waals surface area contributed by atoms with Crippen molar-refractivity contribution < 1.29 is 19.1 Å². The fourth-order valence-electron chi connectivity index (χ4n) is 2.78. The molecule has 0 atom stereocenters. The Balaban J connectivity index is 1.51. The highest BCUT2D eigenvalue weighted by Gasteiger charge is 2.36. The van der Waals surface area contributed by atoms with Gasteiger partial charge in [0.1, 0.15) is 6.54 Å². The molecule has 3 rings (SSSR count). The van der Waals surface area contributed by atoms with E-state index in [9.17, 15) is 14.4 Å². The number of imide groups is 1. The third-order valence-electron chi connectivity index (χ3n) is 4.09. The maximum Gasteiger partial charge on any atom is 0.262 e. The van der Waals surface area contributed by atoms with Crippen LogP contribution in [0.3, 0.4) is 0 Å². The molecule has 128 valence electrons. The van der Waals surface area contributed by atoms with Crippen LogP contribution in [0.5, 0.6) is 0 Å². The fraction of sp³-hybridized carbons (Fsp3) is 0.438. The number of carbonyl (C=O) groups excluding carboxylic acids is 3. The van der Waals surface area contributed by atoms with E-state index in [2.05, 4.69) is 10.2 Å². The SMILES string of the molecule is O=C(CN1C(=O)c2ccc(Cl)cc2C1=O)NCCN1CCOCC1. The second kappa shape index (κ2) is 7.29.